The molecule has 0 fully saturated rings. The van der Waals surface area contributed by atoms with Gasteiger partial charge in [-0.05, 0) is 18.6 Å². The number of amides is 2. The molecule has 2 aromatic rings. The van der Waals surface area contributed by atoms with Crippen LogP contribution < -0.4 is 11.1 Å². The van der Waals surface area contributed by atoms with Crippen molar-refractivity contribution < 1.29 is 9.59 Å². The predicted octanol–water partition coefficient (Wildman–Crippen LogP) is 0.183. The minimum absolute atomic E-state index is 0.0239. The van der Waals surface area contributed by atoms with E-state index >= 15 is 0 Å². The molecule has 2 amide bonds. The van der Waals surface area contributed by atoms with Gasteiger partial charge in [-0.15, -0.1) is 11.3 Å². The van der Waals surface area contributed by atoms with E-state index in [4.69, 9.17) is 5.73 Å². The van der Waals surface area contributed by atoms with Gasteiger partial charge in [-0.25, -0.2) is 9.67 Å². The highest BCUT2D eigenvalue weighted by atomic mass is 32.1. The molecule has 0 saturated heterocycles. The zero-order chi connectivity index (χ0) is 14.1. The molecule has 0 radical (unpaired) electrons. The summed E-state index contributed by atoms with van der Waals surface area (Å²) in [5, 5.41) is 7.06. The first-order valence-electron chi connectivity index (χ1n) is 6.20. The number of thiophene rings is 1. The van der Waals surface area contributed by atoms with E-state index in [0.717, 1.165) is 30.0 Å². The van der Waals surface area contributed by atoms with Crippen molar-refractivity contribution in [3.8, 4) is 0 Å². The maximum atomic E-state index is 12.1. The van der Waals surface area contributed by atoms with E-state index in [1.807, 2.05) is 0 Å². The SMILES string of the molecule is NC(=O)c1ccc(C(=O)NC2CCc3ncnn3C2)s1. The van der Waals surface area contributed by atoms with Crippen molar-refractivity contribution in [3.63, 3.8) is 0 Å². The summed E-state index contributed by atoms with van der Waals surface area (Å²) < 4.78 is 1.80. The minimum Gasteiger partial charge on any atom is -0.365 e. The Kier molecular flexibility index (Phi) is 3.23. The van der Waals surface area contributed by atoms with E-state index in [1.54, 1.807) is 16.8 Å². The summed E-state index contributed by atoms with van der Waals surface area (Å²) in [6, 6.07) is 3.21. The van der Waals surface area contributed by atoms with Crippen LogP contribution in [-0.4, -0.2) is 32.6 Å². The van der Waals surface area contributed by atoms with Gasteiger partial charge in [0.1, 0.15) is 12.2 Å². The maximum Gasteiger partial charge on any atom is 0.261 e. The first-order valence-corrected chi connectivity index (χ1v) is 7.02. The third-order valence-electron chi connectivity index (χ3n) is 3.21. The van der Waals surface area contributed by atoms with E-state index in [-0.39, 0.29) is 11.9 Å². The number of aryl methyl sites for hydroxylation is 1. The van der Waals surface area contributed by atoms with Gasteiger partial charge in [0.05, 0.1) is 16.3 Å². The average molecular weight is 291 g/mol. The van der Waals surface area contributed by atoms with Crippen molar-refractivity contribution in [2.75, 3.05) is 0 Å². The number of hydrogen-bond donors (Lipinski definition) is 2. The summed E-state index contributed by atoms with van der Waals surface area (Å²) >= 11 is 1.10. The average Bonchev–Trinajstić information content (AvgIpc) is 3.07. The number of carbonyl (C=O) groups is 2. The zero-order valence-electron chi connectivity index (χ0n) is 10.6. The van der Waals surface area contributed by atoms with Crippen LogP contribution in [0.5, 0.6) is 0 Å². The maximum absolute atomic E-state index is 12.1. The lowest BCUT2D eigenvalue weighted by molar-refractivity contribution is 0.0929. The highest BCUT2D eigenvalue weighted by Crippen LogP contribution is 2.17. The molecule has 7 nitrogen and oxygen atoms in total. The van der Waals surface area contributed by atoms with E-state index in [0.29, 0.717) is 16.3 Å². The molecule has 3 rings (SSSR count). The summed E-state index contributed by atoms with van der Waals surface area (Å²) in [7, 11) is 0. The Balaban J connectivity index is 1.66. The molecule has 0 aromatic carbocycles. The molecule has 20 heavy (non-hydrogen) atoms. The first kappa shape index (κ1) is 12.8. The fourth-order valence-corrected chi connectivity index (χ4v) is 2.97. The molecule has 1 unspecified atom stereocenters. The fourth-order valence-electron chi connectivity index (χ4n) is 2.20. The number of nitrogens with two attached hydrogens (primary N) is 1. The molecule has 1 atom stereocenters. The van der Waals surface area contributed by atoms with Crippen LogP contribution in [0.4, 0.5) is 0 Å². The molecule has 2 aromatic heterocycles. The van der Waals surface area contributed by atoms with Crippen molar-refractivity contribution in [3.05, 3.63) is 34.0 Å². The molecule has 0 bridgehead atoms. The number of carbonyl (C=O) groups excluding carboxylic acids is 2. The Morgan fingerprint density at radius 2 is 2.20 bits per heavy atom. The molecular weight excluding hydrogens is 278 g/mol. The number of nitrogens with one attached hydrogen (secondary N) is 1. The van der Waals surface area contributed by atoms with Crippen molar-refractivity contribution in [1.82, 2.24) is 20.1 Å². The van der Waals surface area contributed by atoms with Crippen molar-refractivity contribution in [2.24, 2.45) is 5.73 Å². The van der Waals surface area contributed by atoms with Crippen LogP contribution in [0.25, 0.3) is 0 Å². The Labute approximate surface area is 118 Å². The van der Waals surface area contributed by atoms with Gasteiger partial charge in [0, 0.05) is 12.5 Å². The van der Waals surface area contributed by atoms with Gasteiger partial charge in [-0.1, -0.05) is 0 Å². The van der Waals surface area contributed by atoms with Crippen LogP contribution in [-0.2, 0) is 13.0 Å². The molecule has 0 spiro atoms. The van der Waals surface area contributed by atoms with Gasteiger partial charge >= 0.3 is 0 Å². The van der Waals surface area contributed by atoms with Gasteiger partial charge in [0.2, 0.25) is 0 Å². The second-order valence-corrected chi connectivity index (χ2v) is 5.68. The quantitative estimate of drug-likeness (QED) is 0.842. The largest absolute Gasteiger partial charge is 0.365 e. The lowest BCUT2D eigenvalue weighted by atomic mass is 10.1. The van der Waals surface area contributed by atoms with E-state index < -0.39 is 5.91 Å². The Bertz CT molecular complexity index is 662. The van der Waals surface area contributed by atoms with E-state index in [2.05, 4.69) is 15.4 Å². The van der Waals surface area contributed by atoms with E-state index in [1.165, 1.54) is 6.33 Å². The first-order chi connectivity index (χ1) is 9.63. The lowest BCUT2D eigenvalue weighted by Crippen LogP contribution is -2.41. The van der Waals surface area contributed by atoms with Crippen LogP contribution in [0.3, 0.4) is 0 Å². The molecular formula is C12H13N5O2S. The van der Waals surface area contributed by atoms with Gasteiger partial charge in [-0.2, -0.15) is 5.10 Å². The van der Waals surface area contributed by atoms with Gasteiger partial charge in [-0.3, -0.25) is 9.59 Å². The normalized spacial score (nSPS) is 17.5. The third kappa shape index (κ3) is 2.42. The number of nitrogens with zero attached hydrogens (tertiary/aromatic N) is 3. The number of fused-ring (bicyclic) bond motifs is 1. The molecule has 0 saturated carbocycles. The van der Waals surface area contributed by atoms with Crippen LogP contribution in [0.2, 0.25) is 0 Å². The zero-order valence-corrected chi connectivity index (χ0v) is 11.4. The predicted molar refractivity (Wildman–Crippen MR) is 72.4 cm³/mol. The van der Waals surface area contributed by atoms with Gasteiger partial charge < -0.3 is 11.1 Å². The molecule has 104 valence electrons. The number of hydrogen-bond acceptors (Lipinski definition) is 5. The number of aromatic nitrogens is 3. The standard InChI is InChI=1S/C12H13N5O2S/c13-11(18)8-2-3-9(20-8)12(19)16-7-1-4-10-14-6-15-17(10)5-7/h2-3,6-7H,1,4-5H2,(H2,13,18)(H,16,19). The summed E-state index contributed by atoms with van der Waals surface area (Å²) in [5.41, 5.74) is 5.17. The highest BCUT2D eigenvalue weighted by Gasteiger charge is 2.22. The van der Waals surface area contributed by atoms with Crippen molar-refractivity contribution in [2.45, 2.75) is 25.4 Å². The Hall–Kier alpha value is -2.22. The summed E-state index contributed by atoms with van der Waals surface area (Å²) in [5.74, 6) is 0.248. The summed E-state index contributed by atoms with van der Waals surface area (Å²) in [6.07, 6.45) is 3.15. The van der Waals surface area contributed by atoms with Gasteiger partial charge in [0.25, 0.3) is 11.8 Å². The Morgan fingerprint density at radius 1 is 1.40 bits per heavy atom. The number of rotatable bonds is 3. The fraction of sp³-hybridized carbons (Fsp3) is 0.333. The molecule has 0 aliphatic carbocycles. The Morgan fingerprint density at radius 3 is 2.95 bits per heavy atom. The van der Waals surface area contributed by atoms with Gasteiger partial charge in [0.15, 0.2) is 0 Å². The number of primary amides is 1. The van der Waals surface area contributed by atoms with E-state index in [9.17, 15) is 9.59 Å². The van der Waals surface area contributed by atoms with Crippen LogP contribution in [0, 0.1) is 0 Å². The lowest BCUT2D eigenvalue weighted by Gasteiger charge is -2.23. The van der Waals surface area contributed by atoms with Crippen LogP contribution >= 0.6 is 11.3 Å². The third-order valence-corrected chi connectivity index (χ3v) is 4.31. The molecule has 3 heterocycles. The summed E-state index contributed by atoms with van der Waals surface area (Å²) in [6.45, 7) is 0.620. The molecule has 1 aliphatic heterocycles. The second kappa shape index (κ2) is 5.04. The molecule has 3 N–H and O–H groups in total. The highest BCUT2D eigenvalue weighted by molar-refractivity contribution is 7.15. The topological polar surface area (TPSA) is 103 Å². The minimum atomic E-state index is -0.515. The molecule has 8 heteroatoms. The van der Waals surface area contributed by atoms with Crippen LogP contribution in [0.1, 0.15) is 31.6 Å². The summed E-state index contributed by atoms with van der Waals surface area (Å²) in [4.78, 5) is 28.1. The second-order valence-electron chi connectivity index (χ2n) is 4.60. The smallest absolute Gasteiger partial charge is 0.261 e. The monoisotopic (exact) mass is 291 g/mol. The molecule has 1 aliphatic rings. The van der Waals surface area contributed by atoms with Crippen LogP contribution in [0.15, 0.2) is 18.5 Å². The van der Waals surface area contributed by atoms with Crippen molar-refractivity contribution in [1.29, 1.82) is 0 Å². The van der Waals surface area contributed by atoms with Crippen molar-refractivity contribution >= 4 is 23.2 Å².